The van der Waals surface area contributed by atoms with Crippen molar-refractivity contribution in [1.29, 1.82) is 0 Å². The van der Waals surface area contributed by atoms with Gasteiger partial charge in [0.2, 0.25) is 5.28 Å². The molecule has 0 saturated carbocycles. The van der Waals surface area contributed by atoms with Gasteiger partial charge in [-0.2, -0.15) is 4.98 Å². The van der Waals surface area contributed by atoms with Crippen LogP contribution in [0.25, 0.3) is 11.0 Å². The monoisotopic (exact) mass is 235 g/mol. The Morgan fingerprint density at radius 3 is 2.62 bits per heavy atom. The SMILES string of the molecule is Cn1c(Cl)cc2c(Cl)nc(Cl)nc21. The summed E-state index contributed by atoms with van der Waals surface area (Å²) in [7, 11) is 1.78. The first kappa shape index (κ1) is 9.06. The van der Waals surface area contributed by atoms with E-state index in [9.17, 15) is 0 Å². The maximum absolute atomic E-state index is 5.87. The van der Waals surface area contributed by atoms with Gasteiger partial charge in [0.1, 0.15) is 16.0 Å². The van der Waals surface area contributed by atoms with Gasteiger partial charge in [-0.3, -0.25) is 0 Å². The van der Waals surface area contributed by atoms with Crippen LogP contribution in [-0.2, 0) is 7.05 Å². The molecule has 2 aromatic rings. The highest BCUT2D eigenvalue weighted by Crippen LogP contribution is 2.26. The summed E-state index contributed by atoms with van der Waals surface area (Å²) in [5.74, 6) is 0. The van der Waals surface area contributed by atoms with E-state index in [4.69, 9.17) is 34.8 Å². The minimum Gasteiger partial charge on any atom is -0.319 e. The smallest absolute Gasteiger partial charge is 0.225 e. The van der Waals surface area contributed by atoms with Gasteiger partial charge in [0, 0.05) is 7.05 Å². The molecule has 0 N–H and O–H groups in total. The Morgan fingerprint density at radius 1 is 1.23 bits per heavy atom. The molecular formula is C7H4Cl3N3. The number of fused-ring (bicyclic) bond motifs is 1. The number of hydrogen-bond donors (Lipinski definition) is 0. The Labute approximate surface area is 89.2 Å². The van der Waals surface area contributed by atoms with Gasteiger partial charge in [-0.05, 0) is 17.7 Å². The van der Waals surface area contributed by atoms with Gasteiger partial charge < -0.3 is 4.57 Å². The third kappa shape index (κ3) is 1.37. The van der Waals surface area contributed by atoms with E-state index >= 15 is 0 Å². The molecule has 3 nitrogen and oxygen atoms in total. The first-order valence-electron chi connectivity index (χ1n) is 3.43. The maximum atomic E-state index is 5.87. The van der Waals surface area contributed by atoms with Gasteiger partial charge in [-0.1, -0.05) is 23.2 Å². The fourth-order valence-corrected chi connectivity index (χ4v) is 1.72. The highest BCUT2D eigenvalue weighted by molar-refractivity contribution is 6.37. The fraction of sp³-hybridized carbons (Fsp3) is 0.143. The van der Waals surface area contributed by atoms with E-state index in [1.807, 2.05) is 0 Å². The van der Waals surface area contributed by atoms with Crippen molar-refractivity contribution >= 4 is 45.8 Å². The van der Waals surface area contributed by atoms with Crippen molar-refractivity contribution in [2.75, 3.05) is 0 Å². The molecule has 13 heavy (non-hydrogen) atoms. The first-order chi connectivity index (χ1) is 6.09. The van der Waals surface area contributed by atoms with Crippen LogP contribution in [0.4, 0.5) is 0 Å². The summed E-state index contributed by atoms with van der Waals surface area (Å²) in [6.07, 6.45) is 0. The third-order valence-corrected chi connectivity index (χ3v) is 2.57. The molecule has 0 aliphatic carbocycles. The molecular weight excluding hydrogens is 232 g/mol. The lowest BCUT2D eigenvalue weighted by Gasteiger charge is -1.97. The molecule has 68 valence electrons. The molecule has 0 bridgehead atoms. The van der Waals surface area contributed by atoms with E-state index in [0.717, 1.165) is 0 Å². The van der Waals surface area contributed by atoms with Gasteiger partial charge in [-0.15, -0.1) is 0 Å². The molecule has 0 atom stereocenters. The summed E-state index contributed by atoms with van der Waals surface area (Å²) in [6.45, 7) is 0. The second kappa shape index (κ2) is 3.01. The predicted molar refractivity (Wildman–Crippen MR) is 53.5 cm³/mol. The molecule has 0 saturated heterocycles. The Balaban J connectivity index is 2.94. The van der Waals surface area contributed by atoms with Gasteiger partial charge in [-0.25, -0.2) is 4.98 Å². The molecule has 6 heteroatoms. The van der Waals surface area contributed by atoms with Crippen LogP contribution in [0.3, 0.4) is 0 Å². The zero-order valence-electron chi connectivity index (χ0n) is 6.55. The van der Waals surface area contributed by atoms with Crippen molar-refractivity contribution in [2.45, 2.75) is 0 Å². The van der Waals surface area contributed by atoms with Crippen LogP contribution in [0, 0.1) is 0 Å². The topological polar surface area (TPSA) is 30.7 Å². The number of hydrogen-bond acceptors (Lipinski definition) is 2. The summed E-state index contributed by atoms with van der Waals surface area (Å²) in [5.41, 5.74) is 0.634. The molecule has 0 fully saturated rings. The number of aromatic nitrogens is 3. The first-order valence-corrected chi connectivity index (χ1v) is 4.57. The predicted octanol–water partition coefficient (Wildman–Crippen LogP) is 2.93. The van der Waals surface area contributed by atoms with Gasteiger partial charge in [0.05, 0.1) is 5.39 Å². The lowest BCUT2D eigenvalue weighted by Crippen LogP contribution is -1.91. The van der Waals surface area contributed by atoms with E-state index in [1.54, 1.807) is 17.7 Å². The van der Waals surface area contributed by atoms with Crippen LogP contribution in [0.2, 0.25) is 15.6 Å². The van der Waals surface area contributed by atoms with Crippen molar-refractivity contribution < 1.29 is 0 Å². The lowest BCUT2D eigenvalue weighted by atomic mass is 10.4. The molecule has 0 aliphatic heterocycles. The maximum Gasteiger partial charge on any atom is 0.225 e. The quantitative estimate of drug-likeness (QED) is 0.520. The minimum atomic E-state index is 0.121. The molecule has 0 unspecified atom stereocenters. The van der Waals surface area contributed by atoms with Crippen molar-refractivity contribution in [3.05, 3.63) is 21.7 Å². The highest BCUT2D eigenvalue weighted by atomic mass is 35.5. The van der Waals surface area contributed by atoms with Crippen LogP contribution < -0.4 is 0 Å². The van der Waals surface area contributed by atoms with Crippen LogP contribution in [-0.4, -0.2) is 14.5 Å². The van der Waals surface area contributed by atoms with Crippen molar-refractivity contribution in [3.8, 4) is 0 Å². The highest BCUT2D eigenvalue weighted by Gasteiger charge is 2.10. The normalized spacial score (nSPS) is 11.1. The van der Waals surface area contributed by atoms with Crippen LogP contribution >= 0.6 is 34.8 Å². The van der Waals surface area contributed by atoms with E-state index < -0.39 is 0 Å². The second-order valence-electron chi connectivity index (χ2n) is 2.55. The fourth-order valence-electron chi connectivity index (χ4n) is 1.10. The molecule has 2 heterocycles. The van der Waals surface area contributed by atoms with Crippen LogP contribution in [0.1, 0.15) is 0 Å². The summed E-state index contributed by atoms with van der Waals surface area (Å²) >= 11 is 17.4. The van der Waals surface area contributed by atoms with E-state index in [0.29, 0.717) is 21.3 Å². The largest absolute Gasteiger partial charge is 0.319 e. The molecule has 2 rings (SSSR count). The Hall–Kier alpha value is -0.510. The summed E-state index contributed by atoms with van der Waals surface area (Å²) in [6, 6.07) is 1.70. The average Bonchev–Trinajstić information content (AvgIpc) is 2.32. The lowest BCUT2D eigenvalue weighted by molar-refractivity contribution is 0.944. The standard InChI is InChI=1S/C7H4Cl3N3/c1-13-4(8)2-3-5(9)11-7(10)12-6(3)13/h2H,1H3. The average molecular weight is 236 g/mol. The van der Waals surface area contributed by atoms with E-state index in [2.05, 4.69) is 9.97 Å². The van der Waals surface area contributed by atoms with Crippen molar-refractivity contribution in [2.24, 2.45) is 7.05 Å². The molecule has 0 amide bonds. The van der Waals surface area contributed by atoms with Crippen LogP contribution in [0.5, 0.6) is 0 Å². The Kier molecular flexibility index (Phi) is 2.10. The van der Waals surface area contributed by atoms with E-state index in [1.165, 1.54) is 0 Å². The molecule has 0 aromatic carbocycles. The second-order valence-corrected chi connectivity index (χ2v) is 3.63. The van der Waals surface area contributed by atoms with Gasteiger partial charge in [0.15, 0.2) is 0 Å². The summed E-state index contributed by atoms with van der Waals surface area (Å²) in [4.78, 5) is 7.81. The zero-order valence-corrected chi connectivity index (χ0v) is 8.82. The number of nitrogens with zero attached hydrogens (tertiary/aromatic N) is 3. The summed E-state index contributed by atoms with van der Waals surface area (Å²) in [5, 5.41) is 1.69. The van der Waals surface area contributed by atoms with Gasteiger partial charge >= 0.3 is 0 Å². The minimum absolute atomic E-state index is 0.121. The Bertz CT molecular complexity index is 477. The summed E-state index contributed by atoms with van der Waals surface area (Å²) < 4.78 is 1.69. The zero-order chi connectivity index (χ0) is 9.59. The number of rotatable bonds is 0. The molecule has 0 spiro atoms. The number of halogens is 3. The molecule has 0 radical (unpaired) electrons. The van der Waals surface area contributed by atoms with Crippen molar-refractivity contribution in [3.63, 3.8) is 0 Å². The van der Waals surface area contributed by atoms with Crippen LogP contribution in [0.15, 0.2) is 6.07 Å². The molecule has 2 aromatic heterocycles. The van der Waals surface area contributed by atoms with Gasteiger partial charge in [0.25, 0.3) is 0 Å². The molecule has 0 aliphatic rings. The number of aryl methyl sites for hydroxylation is 1. The Morgan fingerprint density at radius 2 is 1.92 bits per heavy atom. The van der Waals surface area contributed by atoms with Crippen molar-refractivity contribution in [1.82, 2.24) is 14.5 Å². The van der Waals surface area contributed by atoms with E-state index in [-0.39, 0.29) is 5.28 Å². The third-order valence-electron chi connectivity index (χ3n) is 1.75.